The normalized spacial score (nSPS) is 11.1. The molecule has 0 amide bonds. The van der Waals surface area contributed by atoms with Crippen molar-refractivity contribution in [2.24, 2.45) is 0 Å². The summed E-state index contributed by atoms with van der Waals surface area (Å²) in [6.07, 6.45) is 1.44. The Kier molecular flexibility index (Phi) is 7.54. The number of para-hydroxylation sites is 1. The van der Waals surface area contributed by atoms with E-state index in [1.54, 1.807) is 13.2 Å². The molecule has 1 heterocycles. The maximum Gasteiger partial charge on any atom is 0.134 e. The van der Waals surface area contributed by atoms with Gasteiger partial charge in [-0.3, -0.25) is 0 Å². The number of ether oxygens (including phenoxy) is 1. The summed E-state index contributed by atoms with van der Waals surface area (Å²) in [6.45, 7) is 6.88. The summed E-state index contributed by atoms with van der Waals surface area (Å²) in [7, 11) is 1.68. The molecule has 4 nitrogen and oxygen atoms in total. The lowest BCUT2D eigenvalue weighted by molar-refractivity contribution is 0.407. The second kappa shape index (κ2) is 9.19. The molecule has 5 heteroatoms. The van der Waals surface area contributed by atoms with Gasteiger partial charge in [0.25, 0.3) is 0 Å². The molecule has 114 valence electrons. The minimum atomic E-state index is 0.296. The first-order valence-corrected chi connectivity index (χ1v) is 7.43. The number of benzene rings is 1. The van der Waals surface area contributed by atoms with Crippen molar-refractivity contribution >= 4 is 17.4 Å². The SMILES string of the molecule is CC.COc1ccccc1C(C)CNc1cc(Cl)ncn1. The maximum atomic E-state index is 5.81. The fraction of sp³-hybridized carbons (Fsp3) is 0.375. The van der Waals surface area contributed by atoms with E-state index in [2.05, 4.69) is 28.3 Å². The molecular weight excluding hydrogens is 286 g/mol. The molecule has 1 atom stereocenters. The third-order valence-electron chi connectivity index (χ3n) is 2.89. The van der Waals surface area contributed by atoms with Crippen molar-refractivity contribution in [1.82, 2.24) is 9.97 Å². The maximum absolute atomic E-state index is 5.81. The Bertz CT molecular complexity index is 549. The molecule has 0 radical (unpaired) electrons. The van der Waals surface area contributed by atoms with E-state index in [1.165, 1.54) is 6.33 Å². The molecule has 0 saturated carbocycles. The predicted molar refractivity (Wildman–Crippen MR) is 88.3 cm³/mol. The van der Waals surface area contributed by atoms with Crippen LogP contribution in [0.2, 0.25) is 5.15 Å². The summed E-state index contributed by atoms with van der Waals surface area (Å²) >= 11 is 5.81. The van der Waals surface area contributed by atoms with Crippen LogP contribution in [-0.4, -0.2) is 23.6 Å². The van der Waals surface area contributed by atoms with Gasteiger partial charge in [0, 0.05) is 18.5 Å². The summed E-state index contributed by atoms with van der Waals surface area (Å²) in [5, 5.41) is 3.68. The van der Waals surface area contributed by atoms with Crippen molar-refractivity contribution in [3.63, 3.8) is 0 Å². The molecule has 0 spiro atoms. The molecule has 1 unspecified atom stereocenters. The van der Waals surface area contributed by atoms with Gasteiger partial charge in [-0.15, -0.1) is 0 Å². The molecule has 21 heavy (non-hydrogen) atoms. The van der Waals surface area contributed by atoms with Crippen LogP contribution in [0.25, 0.3) is 0 Å². The Hall–Kier alpha value is -1.81. The van der Waals surface area contributed by atoms with Crippen LogP contribution in [0.4, 0.5) is 5.82 Å². The minimum absolute atomic E-state index is 0.296. The van der Waals surface area contributed by atoms with Crippen LogP contribution in [0.5, 0.6) is 5.75 Å². The summed E-state index contributed by atoms with van der Waals surface area (Å²) in [6, 6.07) is 9.71. The van der Waals surface area contributed by atoms with E-state index < -0.39 is 0 Å². The van der Waals surface area contributed by atoms with Gasteiger partial charge < -0.3 is 10.1 Å². The average Bonchev–Trinajstić information content (AvgIpc) is 2.54. The summed E-state index contributed by atoms with van der Waals surface area (Å²) in [5.41, 5.74) is 1.16. The van der Waals surface area contributed by atoms with E-state index in [9.17, 15) is 0 Å². The molecule has 0 bridgehead atoms. The van der Waals surface area contributed by atoms with Gasteiger partial charge in [0.15, 0.2) is 0 Å². The molecule has 0 aliphatic heterocycles. The van der Waals surface area contributed by atoms with Gasteiger partial charge in [-0.05, 0) is 11.6 Å². The molecule has 0 aliphatic rings. The predicted octanol–water partition coefficient (Wildman–Crippen LogP) is 4.38. The van der Waals surface area contributed by atoms with Gasteiger partial charge in [-0.25, -0.2) is 9.97 Å². The standard InChI is InChI=1S/C14H16ClN3O.C2H6/c1-10(11-5-3-4-6-12(11)19-2)8-16-14-7-13(15)17-9-18-14;1-2/h3-7,9-10H,8H2,1-2H3,(H,16,17,18);1-2H3. The average molecular weight is 308 g/mol. The number of anilines is 1. The Labute approximate surface area is 131 Å². The summed E-state index contributed by atoms with van der Waals surface area (Å²) in [4.78, 5) is 7.96. The highest BCUT2D eigenvalue weighted by atomic mass is 35.5. The minimum Gasteiger partial charge on any atom is -0.496 e. The zero-order chi connectivity index (χ0) is 15.7. The number of rotatable bonds is 5. The largest absolute Gasteiger partial charge is 0.496 e. The third-order valence-corrected chi connectivity index (χ3v) is 3.10. The first-order valence-electron chi connectivity index (χ1n) is 7.05. The van der Waals surface area contributed by atoms with Crippen molar-refractivity contribution in [2.75, 3.05) is 19.0 Å². The van der Waals surface area contributed by atoms with Gasteiger partial charge in [-0.1, -0.05) is 50.6 Å². The Morgan fingerprint density at radius 3 is 2.62 bits per heavy atom. The van der Waals surface area contributed by atoms with Crippen molar-refractivity contribution < 1.29 is 4.74 Å². The van der Waals surface area contributed by atoms with E-state index in [1.807, 2.05) is 32.0 Å². The van der Waals surface area contributed by atoms with E-state index in [0.717, 1.165) is 23.7 Å². The van der Waals surface area contributed by atoms with Gasteiger partial charge in [0.05, 0.1) is 7.11 Å². The van der Waals surface area contributed by atoms with Crippen LogP contribution in [0.3, 0.4) is 0 Å². The lowest BCUT2D eigenvalue weighted by Gasteiger charge is -2.16. The highest BCUT2D eigenvalue weighted by molar-refractivity contribution is 6.29. The number of nitrogens with one attached hydrogen (secondary N) is 1. The van der Waals surface area contributed by atoms with Crippen LogP contribution in [0.1, 0.15) is 32.3 Å². The molecule has 2 aromatic rings. The fourth-order valence-electron chi connectivity index (χ4n) is 1.87. The van der Waals surface area contributed by atoms with E-state index in [-0.39, 0.29) is 0 Å². The highest BCUT2D eigenvalue weighted by Crippen LogP contribution is 2.26. The Balaban J connectivity index is 0.00000106. The monoisotopic (exact) mass is 307 g/mol. The van der Waals surface area contributed by atoms with Crippen LogP contribution >= 0.6 is 11.6 Å². The molecule has 1 aromatic heterocycles. The smallest absolute Gasteiger partial charge is 0.134 e. The highest BCUT2D eigenvalue weighted by Gasteiger charge is 2.10. The topological polar surface area (TPSA) is 47.0 Å². The van der Waals surface area contributed by atoms with Crippen molar-refractivity contribution in [1.29, 1.82) is 0 Å². The summed E-state index contributed by atoms with van der Waals surface area (Å²) < 4.78 is 5.36. The number of hydrogen-bond acceptors (Lipinski definition) is 4. The number of methoxy groups -OCH3 is 1. The first-order chi connectivity index (χ1) is 10.2. The lowest BCUT2D eigenvalue weighted by atomic mass is 10.00. The lowest BCUT2D eigenvalue weighted by Crippen LogP contribution is -2.11. The third kappa shape index (κ3) is 5.23. The molecular formula is C16H22ClN3O. The Morgan fingerprint density at radius 2 is 1.95 bits per heavy atom. The molecule has 0 aliphatic carbocycles. The van der Waals surface area contributed by atoms with Crippen LogP contribution < -0.4 is 10.1 Å². The first kappa shape index (κ1) is 17.2. The van der Waals surface area contributed by atoms with Crippen LogP contribution in [-0.2, 0) is 0 Å². The van der Waals surface area contributed by atoms with Crippen molar-refractivity contribution in [3.8, 4) is 5.75 Å². The zero-order valence-corrected chi connectivity index (χ0v) is 13.7. The van der Waals surface area contributed by atoms with E-state index in [4.69, 9.17) is 16.3 Å². The quantitative estimate of drug-likeness (QED) is 0.833. The zero-order valence-electron chi connectivity index (χ0n) is 12.9. The van der Waals surface area contributed by atoms with Crippen LogP contribution in [0, 0.1) is 0 Å². The number of halogens is 1. The van der Waals surface area contributed by atoms with E-state index in [0.29, 0.717) is 11.1 Å². The second-order valence-corrected chi connectivity index (χ2v) is 4.64. The molecule has 1 N–H and O–H groups in total. The second-order valence-electron chi connectivity index (χ2n) is 4.25. The number of hydrogen-bond donors (Lipinski definition) is 1. The number of nitrogens with zero attached hydrogens (tertiary/aromatic N) is 2. The van der Waals surface area contributed by atoms with Gasteiger partial charge >= 0.3 is 0 Å². The van der Waals surface area contributed by atoms with E-state index >= 15 is 0 Å². The fourth-order valence-corrected chi connectivity index (χ4v) is 2.02. The van der Waals surface area contributed by atoms with Gasteiger partial charge in [0.2, 0.25) is 0 Å². The van der Waals surface area contributed by atoms with Gasteiger partial charge in [-0.2, -0.15) is 0 Å². The molecule has 1 aromatic carbocycles. The molecule has 2 rings (SSSR count). The van der Waals surface area contributed by atoms with Crippen LogP contribution in [0.15, 0.2) is 36.7 Å². The number of aromatic nitrogens is 2. The van der Waals surface area contributed by atoms with Crippen molar-refractivity contribution in [3.05, 3.63) is 47.4 Å². The Morgan fingerprint density at radius 1 is 1.24 bits per heavy atom. The molecule has 0 fully saturated rings. The van der Waals surface area contributed by atoms with Gasteiger partial charge in [0.1, 0.15) is 23.0 Å². The summed E-state index contributed by atoms with van der Waals surface area (Å²) in [5.74, 6) is 1.92. The van der Waals surface area contributed by atoms with Crippen molar-refractivity contribution in [2.45, 2.75) is 26.7 Å². The molecule has 0 saturated heterocycles.